The Balaban J connectivity index is 1.35. The number of piperazine rings is 1. The molecule has 1 saturated heterocycles. The Morgan fingerprint density at radius 3 is 2.41 bits per heavy atom. The summed E-state index contributed by atoms with van der Waals surface area (Å²) in [5, 5.41) is 16.8. The van der Waals surface area contributed by atoms with E-state index >= 15 is 0 Å². The molecule has 206 valence electrons. The molecule has 0 saturated carbocycles. The van der Waals surface area contributed by atoms with Gasteiger partial charge in [0.15, 0.2) is 6.29 Å². The van der Waals surface area contributed by atoms with Crippen molar-refractivity contribution in [2.75, 3.05) is 59.4 Å². The lowest BCUT2D eigenvalue weighted by molar-refractivity contribution is -0.110. The molecule has 4 aromatic rings. The standard InChI is InChI=1S/C30H35ClN4O4/c1-37-23-6-8-26-25(18-23)30(24-7-4-21(31)17-27(24)33-26)32-22-5-9-28(36)20(16-22)19-35-14-12-34(13-15-35)11-10-29(38-2)39-3/h4-9,16-18,29,36H,10-15,19H2,1-3H3,(H,32,33). The first-order valence-corrected chi connectivity index (χ1v) is 13.5. The molecule has 1 aromatic heterocycles. The van der Waals surface area contributed by atoms with E-state index in [4.69, 9.17) is 30.8 Å². The summed E-state index contributed by atoms with van der Waals surface area (Å²) in [5.74, 6) is 1.05. The van der Waals surface area contributed by atoms with Gasteiger partial charge >= 0.3 is 0 Å². The number of hydrogen-bond donors (Lipinski definition) is 2. The first-order valence-electron chi connectivity index (χ1n) is 13.1. The van der Waals surface area contributed by atoms with Crippen LogP contribution in [0.2, 0.25) is 5.02 Å². The van der Waals surface area contributed by atoms with E-state index in [1.165, 1.54) is 0 Å². The molecule has 0 bridgehead atoms. The molecule has 2 N–H and O–H groups in total. The number of aromatic nitrogens is 1. The molecule has 0 atom stereocenters. The Morgan fingerprint density at radius 2 is 1.67 bits per heavy atom. The molecule has 3 aromatic carbocycles. The number of aromatic hydroxyl groups is 1. The number of halogens is 1. The maximum Gasteiger partial charge on any atom is 0.158 e. The first kappa shape index (κ1) is 27.4. The Kier molecular flexibility index (Phi) is 8.69. The van der Waals surface area contributed by atoms with Crippen LogP contribution in [-0.4, -0.2) is 80.2 Å². The summed E-state index contributed by atoms with van der Waals surface area (Å²) < 4.78 is 16.1. The smallest absolute Gasteiger partial charge is 0.158 e. The van der Waals surface area contributed by atoms with Gasteiger partial charge in [0.05, 0.1) is 23.8 Å². The molecule has 9 heteroatoms. The summed E-state index contributed by atoms with van der Waals surface area (Å²) >= 11 is 6.29. The fourth-order valence-electron chi connectivity index (χ4n) is 5.12. The number of pyridine rings is 1. The number of hydrogen-bond acceptors (Lipinski definition) is 8. The molecule has 39 heavy (non-hydrogen) atoms. The third kappa shape index (κ3) is 6.37. The van der Waals surface area contributed by atoms with Gasteiger partial charge in [0.1, 0.15) is 11.5 Å². The van der Waals surface area contributed by atoms with Gasteiger partial charge in [0.25, 0.3) is 0 Å². The second-order valence-corrected chi connectivity index (χ2v) is 10.2. The highest BCUT2D eigenvalue weighted by atomic mass is 35.5. The van der Waals surface area contributed by atoms with Crippen LogP contribution < -0.4 is 10.1 Å². The third-order valence-corrected chi connectivity index (χ3v) is 7.59. The SMILES string of the molecule is COc1ccc2nc3cc(Cl)ccc3c(Nc3ccc(O)c(CN4CCN(CCC(OC)OC)CC4)c3)c2c1. The van der Waals surface area contributed by atoms with E-state index in [1.807, 2.05) is 48.5 Å². The molecule has 5 rings (SSSR count). The molecule has 2 heterocycles. The van der Waals surface area contributed by atoms with Gasteiger partial charge in [-0.2, -0.15) is 0 Å². The van der Waals surface area contributed by atoms with Crippen molar-refractivity contribution < 1.29 is 19.3 Å². The van der Waals surface area contributed by atoms with E-state index in [2.05, 4.69) is 15.1 Å². The fourth-order valence-corrected chi connectivity index (χ4v) is 5.29. The van der Waals surface area contributed by atoms with E-state index in [-0.39, 0.29) is 6.29 Å². The Labute approximate surface area is 234 Å². The molecule has 0 amide bonds. The molecule has 0 spiro atoms. The molecule has 0 radical (unpaired) electrons. The van der Waals surface area contributed by atoms with Crippen molar-refractivity contribution in [3.8, 4) is 11.5 Å². The fraction of sp³-hybridized carbons (Fsp3) is 0.367. The Bertz CT molecular complexity index is 1440. The van der Waals surface area contributed by atoms with Crippen LogP contribution in [0.5, 0.6) is 11.5 Å². The number of anilines is 2. The minimum Gasteiger partial charge on any atom is -0.508 e. The predicted octanol–water partition coefficient (Wildman–Crippen LogP) is 5.63. The van der Waals surface area contributed by atoms with Crippen molar-refractivity contribution in [2.24, 2.45) is 0 Å². The predicted molar refractivity (Wildman–Crippen MR) is 156 cm³/mol. The molecular weight excluding hydrogens is 516 g/mol. The van der Waals surface area contributed by atoms with Crippen molar-refractivity contribution >= 4 is 44.8 Å². The first-order chi connectivity index (χ1) is 19.0. The molecule has 1 aliphatic heterocycles. The monoisotopic (exact) mass is 550 g/mol. The summed E-state index contributed by atoms with van der Waals surface area (Å²) in [7, 11) is 5.01. The van der Waals surface area contributed by atoms with Gasteiger partial charge in [-0.25, -0.2) is 4.98 Å². The average Bonchev–Trinajstić information content (AvgIpc) is 2.95. The quantitative estimate of drug-likeness (QED) is 0.149. The molecule has 8 nitrogen and oxygen atoms in total. The van der Waals surface area contributed by atoms with Crippen LogP contribution in [0.1, 0.15) is 12.0 Å². The van der Waals surface area contributed by atoms with Crippen LogP contribution in [-0.2, 0) is 16.0 Å². The summed E-state index contributed by atoms with van der Waals surface area (Å²) in [4.78, 5) is 9.63. The normalized spacial score (nSPS) is 14.9. The molecule has 1 fully saturated rings. The van der Waals surface area contributed by atoms with Gasteiger partial charge in [0.2, 0.25) is 0 Å². The number of phenolic OH excluding ortho intramolecular Hbond substituents is 1. The third-order valence-electron chi connectivity index (χ3n) is 7.36. The summed E-state index contributed by atoms with van der Waals surface area (Å²) in [6.07, 6.45) is 0.681. The molecule has 1 aliphatic rings. The largest absolute Gasteiger partial charge is 0.508 e. The minimum atomic E-state index is -0.164. The van der Waals surface area contributed by atoms with Crippen molar-refractivity contribution in [3.63, 3.8) is 0 Å². The number of ether oxygens (including phenoxy) is 3. The number of phenols is 1. The van der Waals surface area contributed by atoms with Crippen molar-refractivity contribution in [1.29, 1.82) is 0 Å². The highest BCUT2D eigenvalue weighted by molar-refractivity contribution is 6.31. The van der Waals surface area contributed by atoms with Gasteiger partial charge in [0, 0.05) is 87.0 Å². The average molecular weight is 551 g/mol. The number of fused-ring (bicyclic) bond motifs is 2. The van der Waals surface area contributed by atoms with Gasteiger partial charge < -0.3 is 29.5 Å². The molecule has 0 aliphatic carbocycles. The zero-order chi connectivity index (χ0) is 27.4. The highest BCUT2D eigenvalue weighted by Crippen LogP contribution is 2.37. The number of nitrogens with zero attached hydrogens (tertiary/aromatic N) is 3. The summed E-state index contributed by atoms with van der Waals surface area (Å²) in [6.45, 7) is 5.42. The summed E-state index contributed by atoms with van der Waals surface area (Å²) in [5.41, 5.74) is 4.34. The van der Waals surface area contributed by atoms with Crippen molar-refractivity contribution in [1.82, 2.24) is 14.8 Å². The lowest BCUT2D eigenvalue weighted by Gasteiger charge is -2.35. The van der Waals surface area contributed by atoms with Crippen LogP contribution in [0, 0.1) is 0 Å². The van der Waals surface area contributed by atoms with Crippen LogP contribution in [0.4, 0.5) is 11.4 Å². The number of nitrogens with one attached hydrogen (secondary N) is 1. The zero-order valence-corrected chi connectivity index (χ0v) is 23.4. The number of rotatable bonds is 10. The van der Waals surface area contributed by atoms with Crippen molar-refractivity contribution in [3.05, 3.63) is 65.2 Å². The van der Waals surface area contributed by atoms with Crippen molar-refractivity contribution in [2.45, 2.75) is 19.3 Å². The topological polar surface area (TPSA) is 79.3 Å². The van der Waals surface area contributed by atoms with Gasteiger partial charge in [-0.1, -0.05) is 11.6 Å². The lowest BCUT2D eigenvalue weighted by Crippen LogP contribution is -2.46. The van der Waals surface area contributed by atoms with Gasteiger partial charge in [-0.3, -0.25) is 4.90 Å². The number of methoxy groups -OCH3 is 3. The second-order valence-electron chi connectivity index (χ2n) is 9.81. The van der Waals surface area contributed by atoms with Crippen LogP contribution in [0.15, 0.2) is 54.6 Å². The minimum absolute atomic E-state index is 0.164. The Morgan fingerprint density at radius 1 is 0.897 bits per heavy atom. The Hall–Kier alpha value is -3.14. The highest BCUT2D eigenvalue weighted by Gasteiger charge is 2.20. The van der Waals surface area contributed by atoms with E-state index in [9.17, 15) is 5.11 Å². The summed E-state index contributed by atoms with van der Waals surface area (Å²) in [6, 6.07) is 17.2. The number of benzene rings is 3. The van der Waals surface area contributed by atoms with Gasteiger partial charge in [-0.15, -0.1) is 0 Å². The van der Waals surface area contributed by atoms with Crippen LogP contribution in [0.25, 0.3) is 21.8 Å². The molecule has 0 unspecified atom stereocenters. The molecular formula is C30H35ClN4O4. The zero-order valence-electron chi connectivity index (χ0n) is 22.6. The second kappa shape index (κ2) is 12.4. The van der Waals surface area contributed by atoms with E-state index < -0.39 is 0 Å². The van der Waals surface area contributed by atoms with E-state index in [1.54, 1.807) is 27.4 Å². The maximum absolute atomic E-state index is 10.7. The van der Waals surface area contributed by atoms with Crippen LogP contribution >= 0.6 is 11.6 Å². The lowest BCUT2D eigenvalue weighted by atomic mass is 10.1. The van der Waals surface area contributed by atoms with Crippen LogP contribution in [0.3, 0.4) is 0 Å². The van der Waals surface area contributed by atoms with E-state index in [0.717, 1.165) is 83.6 Å². The van der Waals surface area contributed by atoms with Gasteiger partial charge in [-0.05, 0) is 54.6 Å². The van der Waals surface area contributed by atoms with E-state index in [0.29, 0.717) is 17.3 Å². The maximum atomic E-state index is 10.7.